The van der Waals surface area contributed by atoms with Gasteiger partial charge in [0.2, 0.25) is 0 Å². The van der Waals surface area contributed by atoms with E-state index in [0.29, 0.717) is 0 Å². The second-order valence-corrected chi connectivity index (χ2v) is 0.224. The molecule has 0 unspecified atom stereocenters. The Kier molecular flexibility index (Phi) is 24.4. The van der Waals surface area contributed by atoms with Crippen LogP contribution in [0.2, 0.25) is 0 Å². The third-order valence-corrected chi connectivity index (χ3v) is 0. The first-order chi connectivity index (χ1) is 1.73. The van der Waals surface area contributed by atoms with Crippen LogP contribution in [0.25, 0.3) is 0 Å². The molecule has 0 aliphatic rings. The third-order valence-electron chi connectivity index (χ3n) is 0. The molecule has 0 saturated heterocycles. The van der Waals surface area contributed by atoms with E-state index in [4.69, 9.17) is 15.3 Å². The van der Waals surface area contributed by atoms with E-state index in [-0.39, 0.29) is 34.1 Å². The average molecular weight is 174 g/mol. The molecule has 0 amide bonds. The van der Waals surface area contributed by atoms with Crippen LogP contribution in [0.4, 0.5) is 0 Å². The van der Waals surface area contributed by atoms with Gasteiger partial charge in [0.15, 0.2) is 0 Å². The fourth-order valence-electron chi connectivity index (χ4n) is 0. The monoisotopic (exact) mass is 174 g/mol. The SMILES string of the molecule is O=[N+]([O-])[O-].[Fe+2].[Fe+3]. The number of rotatable bonds is 0. The molecule has 6 heteroatoms. The summed E-state index contributed by atoms with van der Waals surface area (Å²) in [4.78, 5) is 8.25. The Balaban J connectivity index is -0.0000000450. The molecule has 0 aromatic heterocycles. The van der Waals surface area contributed by atoms with Gasteiger partial charge in [-0.05, 0) is 0 Å². The first kappa shape index (κ1) is 16.3. The van der Waals surface area contributed by atoms with E-state index in [1.807, 2.05) is 0 Å². The Hall–Kier alpha value is 0.239. The van der Waals surface area contributed by atoms with Crippen molar-refractivity contribution < 1.29 is 39.2 Å². The van der Waals surface area contributed by atoms with E-state index in [0.717, 1.165) is 0 Å². The summed E-state index contributed by atoms with van der Waals surface area (Å²) in [7, 11) is 0. The van der Waals surface area contributed by atoms with Gasteiger partial charge in [-0.2, -0.15) is 0 Å². The van der Waals surface area contributed by atoms with Gasteiger partial charge in [-0.25, -0.2) is 0 Å². The molecule has 6 heavy (non-hydrogen) atoms. The normalized spacial score (nSPS) is 4.00. The van der Waals surface area contributed by atoms with Crippen LogP contribution in [0.15, 0.2) is 0 Å². The molecule has 0 spiro atoms. The Bertz CT molecular complexity index is 31.8. The average Bonchev–Trinajstić information content (AvgIpc) is 0.811. The summed E-state index contributed by atoms with van der Waals surface area (Å²) in [5.41, 5.74) is 0. The van der Waals surface area contributed by atoms with Gasteiger partial charge >= 0.3 is 34.1 Å². The molecular weight excluding hydrogens is 174 g/mol. The van der Waals surface area contributed by atoms with Gasteiger partial charge in [0, 0.05) is 0 Å². The molecule has 0 rings (SSSR count). The zero-order valence-corrected chi connectivity index (χ0v) is 4.59. The summed E-state index contributed by atoms with van der Waals surface area (Å²) in [5.74, 6) is 0. The molecule has 35 valence electrons. The maximum Gasteiger partial charge on any atom is 3.00 e. The molecule has 0 aromatic carbocycles. The Morgan fingerprint density at radius 3 is 1.33 bits per heavy atom. The van der Waals surface area contributed by atoms with E-state index in [1.165, 1.54) is 0 Å². The van der Waals surface area contributed by atoms with Crippen molar-refractivity contribution in [2.45, 2.75) is 0 Å². The molecule has 0 heterocycles. The smallest absolute Gasteiger partial charge is 0.356 e. The summed E-state index contributed by atoms with van der Waals surface area (Å²) >= 11 is 0. The molecule has 0 bridgehead atoms. The molecule has 0 aromatic rings. The summed E-state index contributed by atoms with van der Waals surface area (Å²) in [6, 6.07) is 0. The first-order valence-corrected chi connectivity index (χ1v) is 0.548. The van der Waals surface area contributed by atoms with Gasteiger partial charge in [-0.15, -0.1) is 0 Å². The van der Waals surface area contributed by atoms with Crippen molar-refractivity contribution in [2.24, 2.45) is 0 Å². The van der Waals surface area contributed by atoms with Gasteiger partial charge in [0.05, 0.1) is 5.09 Å². The van der Waals surface area contributed by atoms with Crippen molar-refractivity contribution in [3.8, 4) is 0 Å². The minimum Gasteiger partial charge on any atom is -0.356 e. The van der Waals surface area contributed by atoms with Crippen molar-refractivity contribution in [3.63, 3.8) is 0 Å². The second-order valence-electron chi connectivity index (χ2n) is 0.224. The predicted molar refractivity (Wildman–Crippen MR) is 10.4 cm³/mol. The summed E-state index contributed by atoms with van der Waals surface area (Å²) in [5, 5.41) is 14.8. The Morgan fingerprint density at radius 2 is 1.33 bits per heavy atom. The molecule has 0 aliphatic carbocycles. The van der Waals surface area contributed by atoms with E-state index in [1.54, 1.807) is 0 Å². The van der Waals surface area contributed by atoms with Gasteiger partial charge in [-0.1, -0.05) is 0 Å². The standard InChI is InChI=1S/2Fe.NO3/c;;2-1(3)4/q+2;+3;-1. The zero-order valence-electron chi connectivity index (χ0n) is 2.38. The van der Waals surface area contributed by atoms with Crippen molar-refractivity contribution >= 4 is 0 Å². The molecule has 0 N–H and O–H groups in total. The largest absolute Gasteiger partial charge is 3.00 e. The molecule has 0 atom stereocenters. The fraction of sp³-hybridized carbons (Fsp3) is 0. The van der Waals surface area contributed by atoms with Crippen LogP contribution in [0.1, 0.15) is 0 Å². The van der Waals surface area contributed by atoms with Gasteiger partial charge in [0.1, 0.15) is 0 Å². The van der Waals surface area contributed by atoms with E-state index in [9.17, 15) is 0 Å². The molecule has 4 nitrogen and oxygen atoms in total. The minimum absolute atomic E-state index is 0. The van der Waals surface area contributed by atoms with Crippen molar-refractivity contribution in [1.82, 2.24) is 0 Å². The molecular formula is Fe2NO3+4. The summed E-state index contributed by atoms with van der Waals surface area (Å²) < 4.78 is 0. The minimum atomic E-state index is -1.75. The fourth-order valence-corrected chi connectivity index (χ4v) is 0. The number of hydrogen-bond donors (Lipinski definition) is 0. The summed E-state index contributed by atoms with van der Waals surface area (Å²) in [6.45, 7) is 0. The number of hydrogen-bond acceptors (Lipinski definition) is 3. The van der Waals surface area contributed by atoms with Crippen LogP contribution < -0.4 is 0 Å². The molecule has 0 fully saturated rings. The number of nitrogens with zero attached hydrogens (tertiary/aromatic N) is 1. The van der Waals surface area contributed by atoms with Crippen LogP contribution >= 0.6 is 0 Å². The predicted octanol–water partition coefficient (Wildman–Crippen LogP) is -0.244. The van der Waals surface area contributed by atoms with E-state index >= 15 is 0 Å². The van der Waals surface area contributed by atoms with Crippen molar-refractivity contribution in [3.05, 3.63) is 15.3 Å². The van der Waals surface area contributed by atoms with Crippen molar-refractivity contribution in [1.29, 1.82) is 0 Å². The Labute approximate surface area is 55.0 Å². The van der Waals surface area contributed by atoms with Crippen LogP contribution in [0, 0.1) is 15.3 Å². The van der Waals surface area contributed by atoms with Crippen LogP contribution in [0.3, 0.4) is 0 Å². The van der Waals surface area contributed by atoms with Gasteiger partial charge in [0.25, 0.3) is 0 Å². The summed E-state index contributed by atoms with van der Waals surface area (Å²) in [6.07, 6.45) is 0. The maximum atomic E-state index is 8.25. The van der Waals surface area contributed by atoms with E-state index in [2.05, 4.69) is 0 Å². The van der Waals surface area contributed by atoms with Crippen LogP contribution in [0.5, 0.6) is 0 Å². The molecule has 0 aliphatic heterocycles. The topological polar surface area (TPSA) is 66.2 Å². The molecule has 1 radical (unpaired) electrons. The van der Waals surface area contributed by atoms with Crippen molar-refractivity contribution in [2.75, 3.05) is 0 Å². The molecule has 0 saturated carbocycles. The zero-order chi connectivity index (χ0) is 3.58. The van der Waals surface area contributed by atoms with Crippen LogP contribution in [-0.4, -0.2) is 5.09 Å². The second kappa shape index (κ2) is 8.97. The Morgan fingerprint density at radius 1 is 1.33 bits per heavy atom. The van der Waals surface area contributed by atoms with Crippen LogP contribution in [-0.2, 0) is 34.1 Å². The maximum absolute atomic E-state index is 8.25. The third kappa shape index (κ3) is 779. The van der Waals surface area contributed by atoms with Gasteiger partial charge in [-0.3, -0.25) is 0 Å². The van der Waals surface area contributed by atoms with E-state index < -0.39 is 5.09 Å². The van der Waals surface area contributed by atoms with Gasteiger partial charge < -0.3 is 15.3 Å². The quantitative estimate of drug-likeness (QED) is 0.289. The first-order valence-electron chi connectivity index (χ1n) is 0.548.